The van der Waals surface area contributed by atoms with Crippen LogP contribution in [0.4, 0.5) is 0 Å². The van der Waals surface area contributed by atoms with E-state index < -0.39 is 0 Å². The predicted octanol–water partition coefficient (Wildman–Crippen LogP) is 4.15. The second-order valence-corrected chi connectivity index (χ2v) is 3.98. The second-order valence-electron chi connectivity index (χ2n) is 3.98. The summed E-state index contributed by atoms with van der Waals surface area (Å²) in [7, 11) is 0. The highest BCUT2D eigenvalue weighted by molar-refractivity contribution is 5.90. The Labute approximate surface area is 91.9 Å². The molecule has 0 fully saturated rings. The van der Waals surface area contributed by atoms with Gasteiger partial charge in [-0.1, -0.05) is 44.2 Å². The highest BCUT2D eigenvalue weighted by atomic mass is 14.1. The van der Waals surface area contributed by atoms with Gasteiger partial charge < -0.3 is 0 Å². The van der Waals surface area contributed by atoms with Crippen molar-refractivity contribution in [3.63, 3.8) is 0 Å². The monoisotopic (exact) mass is 197 g/mol. The van der Waals surface area contributed by atoms with Crippen LogP contribution in [0.25, 0.3) is 10.8 Å². The summed E-state index contributed by atoms with van der Waals surface area (Å²) < 4.78 is 0. The lowest BCUT2D eigenvalue weighted by atomic mass is 9.95. The molecule has 0 aliphatic carbocycles. The molecule has 2 aromatic carbocycles. The molecular formula is C15H17. The number of aryl methyl sites for hydroxylation is 2. The van der Waals surface area contributed by atoms with Gasteiger partial charge in [-0.2, -0.15) is 0 Å². The molecule has 0 saturated carbocycles. The molecule has 15 heavy (non-hydrogen) atoms. The molecule has 0 aliphatic rings. The van der Waals surface area contributed by atoms with E-state index in [1.165, 1.54) is 27.5 Å². The average Bonchev–Trinajstić information content (AvgIpc) is 2.27. The Kier molecular flexibility index (Phi) is 2.77. The van der Waals surface area contributed by atoms with Crippen molar-refractivity contribution in [1.29, 1.82) is 0 Å². The minimum atomic E-state index is 1.07. The van der Waals surface area contributed by atoms with Gasteiger partial charge in [-0.25, -0.2) is 0 Å². The largest absolute Gasteiger partial charge is 0.0614 e. The molecule has 2 aromatic rings. The molecular weight excluding hydrogens is 180 g/mol. The van der Waals surface area contributed by atoms with E-state index >= 15 is 0 Å². The van der Waals surface area contributed by atoms with Gasteiger partial charge in [-0.3, -0.25) is 0 Å². The van der Waals surface area contributed by atoms with Crippen molar-refractivity contribution in [3.05, 3.63) is 53.9 Å². The third kappa shape index (κ3) is 1.77. The normalized spacial score (nSPS) is 10.9. The fourth-order valence-corrected chi connectivity index (χ4v) is 2.17. The lowest BCUT2D eigenvalue weighted by Crippen LogP contribution is -1.90. The number of benzene rings is 2. The lowest BCUT2D eigenvalue weighted by Gasteiger charge is -2.09. The first-order valence-corrected chi connectivity index (χ1v) is 5.62. The molecule has 1 radical (unpaired) electrons. The van der Waals surface area contributed by atoms with Crippen LogP contribution in [0.3, 0.4) is 0 Å². The maximum absolute atomic E-state index is 4.17. The van der Waals surface area contributed by atoms with Crippen molar-refractivity contribution < 1.29 is 0 Å². The Bertz CT molecular complexity index is 481. The van der Waals surface area contributed by atoms with Crippen LogP contribution < -0.4 is 0 Å². The van der Waals surface area contributed by atoms with E-state index in [1.807, 2.05) is 0 Å². The van der Waals surface area contributed by atoms with Gasteiger partial charge in [0.05, 0.1) is 0 Å². The fourth-order valence-electron chi connectivity index (χ4n) is 2.17. The zero-order chi connectivity index (χ0) is 10.8. The topological polar surface area (TPSA) is 0 Å². The van der Waals surface area contributed by atoms with Crippen molar-refractivity contribution in [1.82, 2.24) is 0 Å². The van der Waals surface area contributed by atoms with E-state index in [2.05, 4.69) is 51.1 Å². The maximum atomic E-state index is 4.17. The van der Waals surface area contributed by atoms with E-state index in [1.54, 1.807) is 0 Å². The lowest BCUT2D eigenvalue weighted by molar-refractivity contribution is 1.13. The predicted molar refractivity (Wildman–Crippen MR) is 67.2 cm³/mol. The van der Waals surface area contributed by atoms with Gasteiger partial charge in [0.2, 0.25) is 0 Å². The molecule has 0 atom stereocenters. The van der Waals surface area contributed by atoms with Crippen molar-refractivity contribution in [2.75, 3.05) is 0 Å². The Morgan fingerprint density at radius 2 is 1.87 bits per heavy atom. The summed E-state index contributed by atoms with van der Waals surface area (Å²) in [6.45, 7) is 8.55. The van der Waals surface area contributed by atoms with Crippen LogP contribution in [0.5, 0.6) is 0 Å². The third-order valence-corrected chi connectivity index (χ3v) is 2.99. The summed E-state index contributed by atoms with van der Waals surface area (Å²) in [5.74, 6) is 0. The Balaban J connectivity index is 2.78. The average molecular weight is 197 g/mol. The first-order valence-electron chi connectivity index (χ1n) is 5.62. The highest BCUT2D eigenvalue weighted by Crippen LogP contribution is 2.25. The zero-order valence-electron chi connectivity index (χ0n) is 9.51. The van der Waals surface area contributed by atoms with Crippen LogP contribution >= 0.6 is 0 Å². The van der Waals surface area contributed by atoms with Crippen molar-refractivity contribution in [3.8, 4) is 0 Å². The summed E-state index contributed by atoms with van der Waals surface area (Å²) in [4.78, 5) is 0. The quantitative estimate of drug-likeness (QED) is 0.678. The molecule has 0 N–H and O–H groups in total. The number of fused-ring (bicyclic) bond motifs is 1. The van der Waals surface area contributed by atoms with Gasteiger partial charge in [0.1, 0.15) is 0 Å². The standard InChI is InChI=1S/C15H17/c1-4-12-9-11(3)15-13(5-2)7-6-8-14(15)10-12/h6-10H,3-5H2,1-2H3. The highest BCUT2D eigenvalue weighted by Gasteiger charge is 2.03. The second kappa shape index (κ2) is 4.06. The molecule has 0 heteroatoms. The maximum Gasteiger partial charge on any atom is -0.0120 e. The van der Waals surface area contributed by atoms with Gasteiger partial charge in [0.25, 0.3) is 0 Å². The van der Waals surface area contributed by atoms with Gasteiger partial charge in [-0.05, 0) is 47.2 Å². The minimum Gasteiger partial charge on any atom is -0.0614 e. The van der Waals surface area contributed by atoms with E-state index in [0.717, 1.165) is 12.8 Å². The molecule has 2 rings (SSSR count). The number of rotatable bonds is 2. The van der Waals surface area contributed by atoms with E-state index in [-0.39, 0.29) is 0 Å². The molecule has 77 valence electrons. The van der Waals surface area contributed by atoms with Crippen molar-refractivity contribution in [2.45, 2.75) is 26.7 Å². The summed E-state index contributed by atoms with van der Waals surface area (Å²) >= 11 is 0. The van der Waals surface area contributed by atoms with Gasteiger partial charge in [0, 0.05) is 0 Å². The SMILES string of the molecule is [CH2]c1cc(CC)cc2cccc(CC)c12. The summed E-state index contributed by atoms with van der Waals surface area (Å²) in [6, 6.07) is 11.0. The van der Waals surface area contributed by atoms with Crippen LogP contribution in [0, 0.1) is 6.92 Å². The molecule has 0 bridgehead atoms. The smallest absolute Gasteiger partial charge is 0.0120 e. The molecule has 0 heterocycles. The number of hydrogen-bond donors (Lipinski definition) is 0. The molecule has 0 nitrogen and oxygen atoms in total. The van der Waals surface area contributed by atoms with Crippen LogP contribution in [0.1, 0.15) is 30.5 Å². The minimum absolute atomic E-state index is 1.07. The van der Waals surface area contributed by atoms with Crippen molar-refractivity contribution >= 4 is 10.8 Å². The summed E-state index contributed by atoms with van der Waals surface area (Å²) in [5, 5.41) is 2.68. The van der Waals surface area contributed by atoms with E-state index in [4.69, 9.17) is 0 Å². The third-order valence-electron chi connectivity index (χ3n) is 2.99. The van der Waals surface area contributed by atoms with E-state index in [9.17, 15) is 0 Å². The first kappa shape index (κ1) is 10.2. The van der Waals surface area contributed by atoms with Gasteiger partial charge >= 0.3 is 0 Å². The van der Waals surface area contributed by atoms with Crippen LogP contribution in [0.2, 0.25) is 0 Å². The summed E-state index contributed by atoms with van der Waals surface area (Å²) in [5.41, 5.74) is 3.95. The Morgan fingerprint density at radius 1 is 1.07 bits per heavy atom. The van der Waals surface area contributed by atoms with Crippen LogP contribution in [0.15, 0.2) is 30.3 Å². The fraction of sp³-hybridized carbons (Fsp3) is 0.267. The Hall–Kier alpha value is -1.30. The molecule has 0 aliphatic heterocycles. The van der Waals surface area contributed by atoms with Gasteiger partial charge in [0.15, 0.2) is 0 Å². The van der Waals surface area contributed by atoms with Crippen molar-refractivity contribution in [2.24, 2.45) is 0 Å². The molecule has 0 aromatic heterocycles. The van der Waals surface area contributed by atoms with E-state index in [0.29, 0.717) is 0 Å². The van der Waals surface area contributed by atoms with Crippen LogP contribution in [-0.4, -0.2) is 0 Å². The molecule has 0 unspecified atom stereocenters. The zero-order valence-corrected chi connectivity index (χ0v) is 9.51. The molecule has 0 spiro atoms. The van der Waals surface area contributed by atoms with Gasteiger partial charge in [-0.15, -0.1) is 0 Å². The molecule has 0 saturated heterocycles. The van der Waals surface area contributed by atoms with Crippen LogP contribution in [-0.2, 0) is 12.8 Å². The summed E-state index contributed by atoms with van der Waals surface area (Å²) in [6.07, 6.45) is 2.15. The Morgan fingerprint density at radius 3 is 2.53 bits per heavy atom. The molecule has 0 amide bonds. The first-order chi connectivity index (χ1) is 7.26. The number of hydrogen-bond acceptors (Lipinski definition) is 0.